The van der Waals surface area contributed by atoms with E-state index in [0.717, 1.165) is 5.33 Å². The van der Waals surface area contributed by atoms with Crippen molar-refractivity contribution in [2.24, 2.45) is 0 Å². The van der Waals surface area contributed by atoms with Crippen molar-refractivity contribution in [3.05, 3.63) is 29.6 Å². The zero-order valence-corrected chi connectivity index (χ0v) is 8.97. The average Bonchev–Trinajstić information content (AvgIpc) is 1.89. The van der Waals surface area contributed by atoms with E-state index in [0.29, 0.717) is 0 Å². The molecule has 0 aliphatic carbocycles. The Hall–Kier alpha value is 0.110. The van der Waals surface area contributed by atoms with Gasteiger partial charge in [0.15, 0.2) is 0 Å². The molecule has 0 saturated carbocycles. The number of rotatable bonds is 1. The predicted octanol–water partition coefficient (Wildman–Crippen LogP) is 2.86. The quantitative estimate of drug-likeness (QED) is 0.713. The molecular formula is C7H9Br2N. The Morgan fingerprint density at radius 2 is 2.30 bits per heavy atom. The number of nitrogens with zero attached hydrogens (tertiary/aromatic N) is 1. The van der Waals surface area contributed by atoms with Gasteiger partial charge < -0.3 is 0 Å². The molecule has 0 bridgehead atoms. The molecule has 0 aliphatic heterocycles. The van der Waals surface area contributed by atoms with Gasteiger partial charge in [-0.3, -0.25) is 4.98 Å². The molecule has 1 aromatic heterocycles. The molecule has 0 atom stereocenters. The summed E-state index contributed by atoms with van der Waals surface area (Å²) in [5.41, 5.74) is 2.55. The lowest BCUT2D eigenvalue weighted by atomic mass is 10.2. The summed E-state index contributed by atoms with van der Waals surface area (Å²) in [5.74, 6) is 0. The monoisotopic (exact) mass is 265 g/mol. The number of hydrogen-bond acceptors (Lipinski definition) is 1. The van der Waals surface area contributed by atoms with E-state index >= 15 is 0 Å². The second kappa shape index (κ2) is 4.85. The first kappa shape index (κ1) is 10.1. The van der Waals surface area contributed by atoms with Crippen molar-refractivity contribution in [3.8, 4) is 0 Å². The molecule has 0 amide bonds. The molecule has 0 saturated heterocycles. The molecular weight excluding hydrogens is 258 g/mol. The van der Waals surface area contributed by atoms with Crippen LogP contribution in [0.25, 0.3) is 0 Å². The summed E-state index contributed by atoms with van der Waals surface area (Å²) >= 11 is 3.38. The SMILES string of the molecule is Br.Cc1cnccc1CBr. The van der Waals surface area contributed by atoms with Crippen molar-refractivity contribution in [3.63, 3.8) is 0 Å². The lowest BCUT2D eigenvalue weighted by Crippen LogP contribution is -1.83. The zero-order chi connectivity index (χ0) is 6.69. The first-order valence-electron chi connectivity index (χ1n) is 2.80. The molecule has 0 fully saturated rings. The maximum absolute atomic E-state index is 3.97. The van der Waals surface area contributed by atoms with Gasteiger partial charge in [0.1, 0.15) is 0 Å². The minimum absolute atomic E-state index is 0. The van der Waals surface area contributed by atoms with Gasteiger partial charge in [-0.25, -0.2) is 0 Å². The minimum Gasteiger partial charge on any atom is -0.264 e. The second-order valence-electron chi connectivity index (χ2n) is 1.94. The summed E-state index contributed by atoms with van der Waals surface area (Å²) in [6, 6.07) is 2.02. The highest BCUT2D eigenvalue weighted by Gasteiger charge is 1.91. The summed E-state index contributed by atoms with van der Waals surface area (Å²) in [4.78, 5) is 3.97. The van der Waals surface area contributed by atoms with Crippen LogP contribution in [0.3, 0.4) is 0 Å². The summed E-state index contributed by atoms with van der Waals surface area (Å²) < 4.78 is 0. The Bertz CT molecular complexity index is 201. The van der Waals surface area contributed by atoms with E-state index in [-0.39, 0.29) is 17.0 Å². The van der Waals surface area contributed by atoms with Gasteiger partial charge in [-0.1, -0.05) is 15.9 Å². The van der Waals surface area contributed by atoms with E-state index in [1.807, 2.05) is 18.5 Å². The summed E-state index contributed by atoms with van der Waals surface area (Å²) in [6.07, 6.45) is 3.68. The number of pyridine rings is 1. The number of aromatic nitrogens is 1. The molecule has 56 valence electrons. The smallest absolute Gasteiger partial charge is 0.0300 e. The van der Waals surface area contributed by atoms with E-state index < -0.39 is 0 Å². The summed E-state index contributed by atoms with van der Waals surface area (Å²) in [7, 11) is 0. The van der Waals surface area contributed by atoms with Crippen LogP contribution in [0.5, 0.6) is 0 Å². The topological polar surface area (TPSA) is 12.9 Å². The van der Waals surface area contributed by atoms with Crippen LogP contribution in [-0.2, 0) is 5.33 Å². The van der Waals surface area contributed by atoms with E-state index in [4.69, 9.17) is 0 Å². The van der Waals surface area contributed by atoms with Gasteiger partial charge in [-0.2, -0.15) is 0 Å². The Morgan fingerprint density at radius 3 is 2.70 bits per heavy atom. The highest BCUT2D eigenvalue weighted by atomic mass is 79.9. The van der Waals surface area contributed by atoms with Crippen LogP contribution in [0, 0.1) is 6.92 Å². The number of aryl methyl sites for hydroxylation is 1. The standard InChI is InChI=1S/C7H8BrN.BrH/c1-6-5-9-3-2-7(6)4-8;/h2-3,5H,4H2,1H3;1H. The van der Waals surface area contributed by atoms with Gasteiger partial charge in [0.2, 0.25) is 0 Å². The van der Waals surface area contributed by atoms with E-state index in [2.05, 4.69) is 27.8 Å². The molecule has 0 N–H and O–H groups in total. The van der Waals surface area contributed by atoms with Crippen molar-refractivity contribution in [1.29, 1.82) is 0 Å². The van der Waals surface area contributed by atoms with Gasteiger partial charge in [0, 0.05) is 17.7 Å². The molecule has 0 aromatic carbocycles. The third kappa shape index (κ3) is 2.39. The van der Waals surface area contributed by atoms with Crippen LogP contribution in [0.4, 0.5) is 0 Å². The third-order valence-electron chi connectivity index (χ3n) is 1.28. The average molecular weight is 267 g/mol. The third-order valence-corrected chi connectivity index (χ3v) is 1.88. The molecule has 0 radical (unpaired) electrons. The van der Waals surface area contributed by atoms with Crippen LogP contribution in [0.15, 0.2) is 18.5 Å². The van der Waals surface area contributed by atoms with Crippen molar-refractivity contribution >= 4 is 32.9 Å². The molecule has 1 nitrogen and oxygen atoms in total. The Kier molecular flexibility index (Phi) is 4.91. The molecule has 10 heavy (non-hydrogen) atoms. The number of hydrogen-bond donors (Lipinski definition) is 0. The van der Waals surface area contributed by atoms with Crippen molar-refractivity contribution in [1.82, 2.24) is 4.98 Å². The first-order valence-corrected chi connectivity index (χ1v) is 3.92. The van der Waals surface area contributed by atoms with Crippen LogP contribution in [-0.4, -0.2) is 4.98 Å². The van der Waals surface area contributed by atoms with Crippen molar-refractivity contribution in [2.75, 3.05) is 0 Å². The fourth-order valence-corrected chi connectivity index (χ4v) is 1.28. The lowest BCUT2D eigenvalue weighted by Gasteiger charge is -1.96. The van der Waals surface area contributed by atoms with E-state index in [9.17, 15) is 0 Å². The minimum atomic E-state index is 0. The van der Waals surface area contributed by atoms with Crippen molar-refractivity contribution in [2.45, 2.75) is 12.3 Å². The highest BCUT2D eigenvalue weighted by Crippen LogP contribution is 2.08. The molecule has 1 aromatic rings. The molecule has 1 heterocycles. The molecule has 1 rings (SSSR count). The van der Waals surface area contributed by atoms with E-state index in [1.165, 1.54) is 11.1 Å². The van der Waals surface area contributed by atoms with Gasteiger partial charge in [-0.05, 0) is 24.1 Å². The molecule has 3 heteroatoms. The van der Waals surface area contributed by atoms with E-state index in [1.54, 1.807) is 0 Å². The van der Waals surface area contributed by atoms with Crippen LogP contribution >= 0.6 is 32.9 Å². The van der Waals surface area contributed by atoms with Crippen LogP contribution < -0.4 is 0 Å². The highest BCUT2D eigenvalue weighted by molar-refractivity contribution is 9.08. The second-order valence-corrected chi connectivity index (χ2v) is 2.50. The maximum Gasteiger partial charge on any atom is 0.0300 e. The maximum atomic E-state index is 3.97. The molecule has 0 aliphatic rings. The largest absolute Gasteiger partial charge is 0.264 e. The molecule has 0 unspecified atom stereocenters. The fourth-order valence-electron chi connectivity index (χ4n) is 0.652. The molecule has 0 spiro atoms. The van der Waals surface area contributed by atoms with Gasteiger partial charge in [-0.15, -0.1) is 17.0 Å². The summed E-state index contributed by atoms with van der Waals surface area (Å²) in [5, 5.41) is 0.918. The normalized spacial score (nSPS) is 8.60. The van der Waals surface area contributed by atoms with Gasteiger partial charge in [0.25, 0.3) is 0 Å². The van der Waals surface area contributed by atoms with Gasteiger partial charge >= 0.3 is 0 Å². The lowest BCUT2D eigenvalue weighted by molar-refractivity contribution is 1.21. The Morgan fingerprint density at radius 1 is 1.60 bits per heavy atom. The Balaban J connectivity index is 0.000000810. The van der Waals surface area contributed by atoms with Crippen LogP contribution in [0.2, 0.25) is 0 Å². The fraction of sp³-hybridized carbons (Fsp3) is 0.286. The van der Waals surface area contributed by atoms with Gasteiger partial charge in [0.05, 0.1) is 0 Å². The number of alkyl halides is 1. The predicted molar refractivity (Wildman–Crippen MR) is 51.9 cm³/mol. The summed E-state index contributed by atoms with van der Waals surface area (Å²) in [6.45, 7) is 2.06. The zero-order valence-electron chi connectivity index (χ0n) is 5.67. The first-order chi connectivity index (χ1) is 4.34. The van der Waals surface area contributed by atoms with Crippen LogP contribution in [0.1, 0.15) is 11.1 Å². The number of halogens is 2. The Labute approximate surface area is 79.8 Å². The van der Waals surface area contributed by atoms with Crippen molar-refractivity contribution < 1.29 is 0 Å².